The van der Waals surface area contributed by atoms with Crippen LogP contribution in [-0.4, -0.2) is 26.5 Å². The van der Waals surface area contributed by atoms with Crippen molar-refractivity contribution in [2.75, 3.05) is 31.3 Å². The topological polar surface area (TPSA) is 58.4 Å². The summed E-state index contributed by atoms with van der Waals surface area (Å²) in [5, 5.41) is 2.61. The molecule has 0 radical (unpaired) electrons. The van der Waals surface area contributed by atoms with Crippen molar-refractivity contribution in [1.29, 1.82) is 0 Å². The molecule has 0 heterocycles. The van der Waals surface area contributed by atoms with Crippen molar-refractivity contribution in [3.05, 3.63) is 24.3 Å². The number of anilines is 2. The number of hydrogen-bond donors (Lipinski definition) is 2. The van der Waals surface area contributed by atoms with Gasteiger partial charge < -0.3 is 16.0 Å². The lowest BCUT2D eigenvalue weighted by atomic mass is 10.2. The lowest BCUT2D eigenvalue weighted by Crippen LogP contribution is -2.22. The molecule has 1 aromatic carbocycles. The summed E-state index contributed by atoms with van der Waals surface area (Å²) in [5.74, 6) is 0.0886. The molecule has 3 N–H and O–H groups in total. The van der Waals surface area contributed by atoms with Gasteiger partial charge in [0, 0.05) is 38.4 Å². The summed E-state index contributed by atoms with van der Waals surface area (Å²) >= 11 is 0. The fourth-order valence-corrected chi connectivity index (χ4v) is 1.46. The largest absolute Gasteiger partial charge is 0.399 e. The second-order valence-electron chi connectivity index (χ2n) is 3.79. The number of carbonyl (C=O) groups excluding carboxylic acids is 1. The maximum Gasteiger partial charge on any atom is 0.219 e. The van der Waals surface area contributed by atoms with Gasteiger partial charge in [0.05, 0.1) is 0 Å². The summed E-state index contributed by atoms with van der Waals surface area (Å²) in [4.78, 5) is 13.1. The van der Waals surface area contributed by atoms with Crippen molar-refractivity contribution in [3.63, 3.8) is 0 Å². The number of carbonyl (C=O) groups is 1. The SMILES string of the molecule is CNC(=O)CCCN(C)c1ccc(N)cc1. The summed E-state index contributed by atoms with van der Waals surface area (Å²) in [6.07, 6.45) is 1.41. The molecule has 0 unspecified atom stereocenters. The zero-order chi connectivity index (χ0) is 12.0. The molecule has 16 heavy (non-hydrogen) atoms. The second-order valence-corrected chi connectivity index (χ2v) is 3.79. The molecular formula is C12H19N3O. The number of rotatable bonds is 5. The predicted octanol–water partition coefficient (Wildman–Crippen LogP) is 1.23. The van der Waals surface area contributed by atoms with Crippen LogP contribution in [0.1, 0.15) is 12.8 Å². The average Bonchev–Trinajstić information content (AvgIpc) is 2.29. The molecule has 1 rings (SSSR count). The van der Waals surface area contributed by atoms with Crippen molar-refractivity contribution in [2.24, 2.45) is 0 Å². The molecular weight excluding hydrogens is 202 g/mol. The van der Waals surface area contributed by atoms with Gasteiger partial charge in [-0.15, -0.1) is 0 Å². The Morgan fingerprint density at radius 2 is 2.00 bits per heavy atom. The molecule has 0 aliphatic heterocycles. The van der Waals surface area contributed by atoms with Gasteiger partial charge >= 0.3 is 0 Å². The number of hydrogen-bond acceptors (Lipinski definition) is 3. The van der Waals surface area contributed by atoms with Crippen LogP contribution in [0, 0.1) is 0 Å². The normalized spacial score (nSPS) is 9.88. The third kappa shape index (κ3) is 3.81. The summed E-state index contributed by atoms with van der Waals surface area (Å²) in [6, 6.07) is 7.72. The maximum absolute atomic E-state index is 11.0. The minimum absolute atomic E-state index is 0.0886. The van der Waals surface area contributed by atoms with Gasteiger partial charge in [-0.25, -0.2) is 0 Å². The summed E-state index contributed by atoms with van der Waals surface area (Å²) in [6.45, 7) is 0.858. The van der Waals surface area contributed by atoms with E-state index in [-0.39, 0.29) is 5.91 Å². The van der Waals surface area contributed by atoms with Crippen LogP contribution in [0.3, 0.4) is 0 Å². The van der Waals surface area contributed by atoms with Gasteiger partial charge in [0.2, 0.25) is 5.91 Å². The second kappa shape index (κ2) is 6.00. The van der Waals surface area contributed by atoms with Crippen molar-refractivity contribution in [2.45, 2.75) is 12.8 Å². The number of nitrogen functional groups attached to an aromatic ring is 1. The molecule has 0 atom stereocenters. The fourth-order valence-electron chi connectivity index (χ4n) is 1.46. The third-order valence-corrected chi connectivity index (χ3v) is 2.51. The van der Waals surface area contributed by atoms with Crippen LogP contribution >= 0.6 is 0 Å². The maximum atomic E-state index is 11.0. The zero-order valence-corrected chi connectivity index (χ0v) is 9.86. The summed E-state index contributed by atoms with van der Waals surface area (Å²) in [7, 11) is 3.67. The van der Waals surface area contributed by atoms with E-state index in [1.165, 1.54) is 0 Å². The van der Waals surface area contributed by atoms with E-state index in [2.05, 4.69) is 10.2 Å². The standard InChI is InChI=1S/C12H19N3O/c1-14-12(16)4-3-9-15(2)11-7-5-10(13)6-8-11/h5-8H,3-4,9,13H2,1-2H3,(H,14,16). The van der Waals surface area contributed by atoms with Crippen LogP contribution in [0.4, 0.5) is 11.4 Å². The van der Waals surface area contributed by atoms with Crippen molar-refractivity contribution >= 4 is 17.3 Å². The highest BCUT2D eigenvalue weighted by molar-refractivity contribution is 5.75. The Hall–Kier alpha value is -1.71. The highest BCUT2D eigenvalue weighted by atomic mass is 16.1. The Bertz CT molecular complexity index is 335. The van der Waals surface area contributed by atoms with Crippen molar-refractivity contribution in [3.8, 4) is 0 Å². The van der Waals surface area contributed by atoms with Gasteiger partial charge in [0.25, 0.3) is 0 Å². The molecule has 0 bridgehead atoms. The van der Waals surface area contributed by atoms with E-state index in [0.717, 1.165) is 24.3 Å². The molecule has 0 fully saturated rings. The van der Waals surface area contributed by atoms with E-state index in [9.17, 15) is 4.79 Å². The lowest BCUT2D eigenvalue weighted by Gasteiger charge is -2.19. The van der Waals surface area contributed by atoms with Crippen molar-refractivity contribution in [1.82, 2.24) is 5.32 Å². The Labute approximate surface area is 96.4 Å². The molecule has 0 aliphatic carbocycles. The van der Waals surface area contributed by atoms with E-state index in [4.69, 9.17) is 5.73 Å². The predicted molar refractivity (Wildman–Crippen MR) is 67.4 cm³/mol. The van der Waals surface area contributed by atoms with Gasteiger partial charge in [0.1, 0.15) is 0 Å². The fraction of sp³-hybridized carbons (Fsp3) is 0.417. The molecule has 4 nitrogen and oxygen atoms in total. The molecule has 0 aliphatic rings. The third-order valence-electron chi connectivity index (χ3n) is 2.51. The van der Waals surface area contributed by atoms with Gasteiger partial charge in [-0.2, -0.15) is 0 Å². The quantitative estimate of drug-likeness (QED) is 0.735. The minimum Gasteiger partial charge on any atom is -0.399 e. The molecule has 0 saturated carbocycles. The number of nitrogens with one attached hydrogen (secondary N) is 1. The van der Waals surface area contributed by atoms with Crippen molar-refractivity contribution < 1.29 is 4.79 Å². The minimum atomic E-state index is 0.0886. The van der Waals surface area contributed by atoms with E-state index < -0.39 is 0 Å². The lowest BCUT2D eigenvalue weighted by molar-refractivity contribution is -0.120. The monoisotopic (exact) mass is 221 g/mol. The van der Waals surface area contributed by atoms with Crippen LogP contribution < -0.4 is 16.0 Å². The summed E-state index contributed by atoms with van der Waals surface area (Å²) in [5.41, 5.74) is 7.50. The van der Waals surface area contributed by atoms with Crippen LogP contribution in [0.2, 0.25) is 0 Å². The summed E-state index contributed by atoms with van der Waals surface area (Å²) < 4.78 is 0. The molecule has 1 aromatic rings. The van der Waals surface area contributed by atoms with E-state index >= 15 is 0 Å². The molecule has 0 spiro atoms. The Balaban J connectivity index is 2.37. The smallest absolute Gasteiger partial charge is 0.219 e. The zero-order valence-electron chi connectivity index (χ0n) is 9.86. The van der Waals surface area contributed by atoms with Gasteiger partial charge in [-0.1, -0.05) is 0 Å². The molecule has 0 saturated heterocycles. The number of amides is 1. The Morgan fingerprint density at radius 3 is 2.56 bits per heavy atom. The Kier molecular flexibility index (Phi) is 4.64. The van der Waals surface area contributed by atoms with E-state index in [1.807, 2.05) is 31.3 Å². The van der Waals surface area contributed by atoms with Crippen LogP contribution in [0.25, 0.3) is 0 Å². The van der Waals surface area contributed by atoms with E-state index in [0.29, 0.717) is 6.42 Å². The highest BCUT2D eigenvalue weighted by Crippen LogP contribution is 2.14. The van der Waals surface area contributed by atoms with Crippen LogP contribution in [-0.2, 0) is 4.79 Å². The molecule has 0 aromatic heterocycles. The van der Waals surface area contributed by atoms with Crippen LogP contribution in [0.15, 0.2) is 24.3 Å². The van der Waals surface area contributed by atoms with Gasteiger partial charge in [0.15, 0.2) is 0 Å². The first-order chi connectivity index (χ1) is 7.63. The number of nitrogens with zero attached hydrogens (tertiary/aromatic N) is 1. The van der Waals surface area contributed by atoms with E-state index in [1.54, 1.807) is 7.05 Å². The first-order valence-electron chi connectivity index (χ1n) is 5.40. The number of benzene rings is 1. The first-order valence-corrected chi connectivity index (χ1v) is 5.40. The average molecular weight is 221 g/mol. The first kappa shape index (κ1) is 12.4. The number of nitrogens with two attached hydrogens (primary N) is 1. The Morgan fingerprint density at radius 1 is 1.38 bits per heavy atom. The van der Waals surface area contributed by atoms with Gasteiger partial charge in [-0.3, -0.25) is 4.79 Å². The highest BCUT2D eigenvalue weighted by Gasteiger charge is 2.02. The molecule has 1 amide bonds. The molecule has 88 valence electrons. The van der Waals surface area contributed by atoms with Gasteiger partial charge in [-0.05, 0) is 30.7 Å². The van der Waals surface area contributed by atoms with Crippen LogP contribution in [0.5, 0.6) is 0 Å². The molecule has 4 heteroatoms.